The summed E-state index contributed by atoms with van der Waals surface area (Å²) in [4.78, 5) is 7.38. The summed E-state index contributed by atoms with van der Waals surface area (Å²) < 4.78 is 0. The van der Waals surface area contributed by atoms with Crippen molar-refractivity contribution < 1.29 is 0 Å². The van der Waals surface area contributed by atoms with Gasteiger partial charge in [-0.15, -0.1) is 0 Å². The summed E-state index contributed by atoms with van der Waals surface area (Å²) in [5.41, 5.74) is 4.25. The van der Waals surface area contributed by atoms with Crippen molar-refractivity contribution in [3.8, 4) is 0 Å². The summed E-state index contributed by atoms with van der Waals surface area (Å²) in [6.45, 7) is 5.95. The Morgan fingerprint density at radius 3 is 1.08 bits per heavy atom. The third-order valence-electron chi connectivity index (χ3n) is 4.96. The van der Waals surface area contributed by atoms with Gasteiger partial charge in [-0.1, -0.05) is 87.0 Å². The summed E-state index contributed by atoms with van der Waals surface area (Å²) in [5, 5.41) is 2.23. The molecule has 0 amide bonds. The van der Waals surface area contributed by atoms with Crippen LogP contribution in [0.4, 0.5) is 0 Å². The van der Waals surface area contributed by atoms with Crippen molar-refractivity contribution in [3.05, 3.63) is 46.5 Å². The lowest BCUT2D eigenvalue weighted by Crippen LogP contribution is -2.42. The van der Waals surface area contributed by atoms with Gasteiger partial charge in [-0.2, -0.15) is 0 Å². The number of rotatable bonds is 4. The van der Waals surface area contributed by atoms with Crippen LogP contribution in [0.5, 0.6) is 0 Å². The predicted molar refractivity (Wildman–Crippen MR) is 125 cm³/mol. The number of hydrogen-bond acceptors (Lipinski definition) is 4. The van der Waals surface area contributed by atoms with Crippen LogP contribution in [0.3, 0.4) is 0 Å². The Balaban J connectivity index is 2.02. The standard InChI is InChI=1S/C20H18N2S4/c1-3-9-21-17(23)11-5-7-13-16-14(8-6-12(15(11)16)18(21)24)20(26)22(10-4-2)19(13)25/h5-8H,3-4,9-10H2,1-2H3. The molecular formula is C20H18N2S4. The minimum atomic E-state index is 0.806. The largest absolute Gasteiger partial charge is 0.323 e. The molecular weight excluding hydrogens is 397 g/mol. The highest BCUT2D eigenvalue weighted by Crippen LogP contribution is 2.38. The van der Waals surface area contributed by atoms with Crippen LogP contribution in [-0.2, 0) is 0 Å². The molecule has 0 aliphatic carbocycles. The highest BCUT2D eigenvalue weighted by Gasteiger charge is 2.33. The molecule has 0 spiro atoms. The maximum absolute atomic E-state index is 5.78. The van der Waals surface area contributed by atoms with Gasteiger partial charge in [0, 0.05) is 46.1 Å². The van der Waals surface area contributed by atoms with Gasteiger partial charge in [-0.05, 0) is 12.8 Å². The zero-order valence-corrected chi connectivity index (χ0v) is 17.9. The van der Waals surface area contributed by atoms with Gasteiger partial charge >= 0.3 is 0 Å². The SMILES string of the molecule is CCCN1C(=S)c2ccc3c4c(ccc(c24)C1=S)C(=S)N(CCC)C3=S. The first-order valence-electron chi connectivity index (χ1n) is 8.83. The Morgan fingerprint density at radius 2 is 0.846 bits per heavy atom. The summed E-state index contributed by atoms with van der Waals surface area (Å²) in [6, 6.07) is 8.40. The van der Waals surface area contributed by atoms with Crippen LogP contribution >= 0.6 is 48.9 Å². The molecule has 2 aliphatic rings. The molecule has 26 heavy (non-hydrogen) atoms. The lowest BCUT2D eigenvalue weighted by Gasteiger charge is -2.36. The Kier molecular flexibility index (Phi) is 4.63. The monoisotopic (exact) mass is 414 g/mol. The van der Waals surface area contributed by atoms with E-state index in [1.807, 2.05) is 0 Å². The first-order valence-corrected chi connectivity index (χ1v) is 10.5. The van der Waals surface area contributed by atoms with Gasteiger partial charge in [0.2, 0.25) is 0 Å². The maximum Gasteiger partial charge on any atom is 0.114 e. The van der Waals surface area contributed by atoms with Gasteiger partial charge in [0.15, 0.2) is 0 Å². The highest BCUT2D eigenvalue weighted by atomic mass is 32.1. The maximum atomic E-state index is 5.78. The molecule has 6 heteroatoms. The molecule has 0 N–H and O–H groups in total. The molecule has 0 saturated heterocycles. The van der Waals surface area contributed by atoms with Gasteiger partial charge in [-0.3, -0.25) is 0 Å². The van der Waals surface area contributed by atoms with Crippen LogP contribution < -0.4 is 0 Å². The van der Waals surface area contributed by atoms with Crippen molar-refractivity contribution in [2.45, 2.75) is 26.7 Å². The Morgan fingerprint density at radius 1 is 0.577 bits per heavy atom. The van der Waals surface area contributed by atoms with Gasteiger partial charge in [0.05, 0.1) is 0 Å². The van der Waals surface area contributed by atoms with Gasteiger partial charge in [0.25, 0.3) is 0 Å². The normalized spacial score (nSPS) is 16.1. The van der Waals surface area contributed by atoms with Crippen LogP contribution in [0.2, 0.25) is 0 Å². The van der Waals surface area contributed by atoms with E-state index < -0.39 is 0 Å². The second-order valence-electron chi connectivity index (χ2n) is 6.60. The zero-order chi connectivity index (χ0) is 18.6. The molecule has 2 nitrogen and oxygen atoms in total. The lowest BCUT2D eigenvalue weighted by molar-refractivity contribution is 0.611. The van der Waals surface area contributed by atoms with Crippen LogP contribution in [-0.4, -0.2) is 42.8 Å². The van der Waals surface area contributed by atoms with E-state index in [1.165, 1.54) is 0 Å². The molecule has 2 heterocycles. The van der Waals surface area contributed by atoms with Crippen LogP contribution in [0, 0.1) is 0 Å². The Labute approximate surface area is 175 Å². The first kappa shape index (κ1) is 18.0. The van der Waals surface area contributed by atoms with Gasteiger partial charge in [0.1, 0.15) is 20.0 Å². The molecule has 2 aliphatic heterocycles. The second-order valence-corrected chi connectivity index (χ2v) is 8.14. The summed E-state index contributed by atoms with van der Waals surface area (Å²) in [7, 11) is 0. The minimum absolute atomic E-state index is 0.806. The third-order valence-corrected chi connectivity index (χ3v) is 6.72. The van der Waals surface area contributed by atoms with E-state index in [0.717, 1.165) is 78.9 Å². The number of nitrogens with zero attached hydrogens (tertiary/aromatic N) is 2. The third kappa shape index (κ3) is 2.39. The molecule has 0 unspecified atom stereocenters. The lowest BCUT2D eigenvalue weighted by atomic mass is 9.87. The van der Waals surface area contributed by atoms with Crippen molar-refractivity contribution in [2.24, 2.45) is 0 Å². The van der Waals surface area contributed by atoms with Crippen LogP contribution in [0.25, 0.3) is 10.8 Å². The van der Waals surface area contributed by atoms with E-state index in [0.29, 0.717) is 0 Å². The molecule has 0 radical (unpaired) electrons. The average Bonchev–Trinajstić information content (AvgIpc) is 2.64. The molecule has 2 aromatic carbocycles. The number of thiocarbonyl (C=S) groups is 4. The Hall–Kier alpha value is -1.34. The molecule has 0 saturated carbocycles. The van der Waals surface area contributed by atoms with Crippen molar-refractivity contribution in [1.82, 2.24) is 9.80 Å². The number of benzene rings is 2. The zero-order valence-electron chi connectivity index (χ0n) is 14.7. The molecule has 0 atom stereocenters. The minimum Gasteiger partial charge on any atom is -0.323 e. The highest BCUT2D eigenvalue weighted by molar-refractivity contribution is 7.83. The second kappa shape index (κ2) is 6.68. The van der Waals surface area contributed by atoms with Crippen molar-refractivity contribution in [3.63, 3.8) is 0 Å². The predicted octanol–water partition coefficient (Wildman–Crippen LogP) is 4.99. The van der Waals surface area contributed by atoms with E-state index in [9.17, 15) is 0 Å². The Bertz CT molecular complexity index is 857. The van der Waals surface area contributed by atoms with Crippen molar-refractivity contribution >= 4 is 79.6 Å². The fraction of sp³-hybridized carbons (Fsp3) is 0.300. The fourth-order valence-electron chi connectivity index (χ4n) is 3.83. The van der Waals surface area contributed by atoms with E-state index in [4.69, 9.17) is 48.9 Å². The van der Waals surface area contributed by atoms with Gasteiger partial charge < -0.3 is 9.80 Å². The molecule has 0 fully saturated rings. The smallest absolute Gasteiger partial charge is 0.114 e. The molecule has 0 bridgehead atoms. The molecule has 0 aromatic heterocycles. The molecule has 2 aromatic rings. The van der Waals surface area contributed by atoms with Crippen molar-refractivity contribution in [1.29, 1.82) is 0 Å². The fourth-order valence-corrected chi connectivity index (χ4v) is 5.35. The summed E-state index contributed by atoms with van der Waals surface area (Å²) >= 11 is 23.1. The van der Waals surface area contributed by atoms with E-state index in [-0.39, 0.29) is 0 Å². The van der Waals surface area contributed by atoms with E-state index in [1.54, 1.807) is 0 Å². The first-order chi connectivity index (χ1) is 12.5. The van der Waals surface area contributed by atoms with E-state index >= 15 is 0 Å². The van der Waals surface area contributed by atoms with Crippen molar-refractivity contribution in [2.75, 3.05) is 13.1 Å². The quantitative estimate of drug-likeness (QED) is 0.646. The van der Waals surface area contributed by atoms with Crippen LogP contribution in [0.15, 0.2) is 24.3 Å². The number of hydrogen-bond donors (Lipinski definition) is 0. The summed E-state index contributed by atoms with van der Waals surface area (Å²) in [6.07, 6.45) is 1.99. The van der Waals surface area contributed by atoms with Gasteiger partial charge in [-0.25, -0.2) is 0 Å². The topological polar surface area (TPSA) is 6.48 Å². The average molecular weight is 415 g/mol. The van der Waals surface area contributed by atoms with E-state index in [2.05, 4.69) is 47.9 Å². The summed E-state index contributed by atoms with van der Waals surface area (Å²) in [5.74, 6) is 0. The molecule has 132 valence electrons. The van der Waals surface area contributed by atoms with Crippen LogP contribution in [0.1, 0.15) is 48.9 Å². The molecule has 4 rings (SSSR count).